The lowest BCUT2D eigenvalue weighted by molar-refractivity contribution is -0.130. The fourth-order valence-corrected chi connectivity index (χ4v) is 3.45. The van der Waals surface area contributed by atoms with Gasteiger partial charge in [0.2, 0.25) is 5.91 Å². The van der Waals surface area contributed by atoms with Gasteiger partial charge in [-0.25, -0.2) is 4.98 Å². The summed E-state index contributed by atoms with van der Waals surface area (Å²) in [5.41, 5.74) is 3.96. The molecule has 128 valence electrons. The number of methoxy groups -OCH3 is 1. The summed E-state index contributed by atoms with van der Waals surface area (Å²) in [7, 11) is 1.68. The average Bonchev–Trinajstić information content (AvgIpc) is 3.31. The van der Waals surface area contributed by atoms with Crippen LogP contribution in [-0.4, -0.2) is 40.6 Å². The highest BCUT2D eigenvalue weighted by Gasteiger charge is 2.19. The van der Waals surface area contributed by atoms with Crippen LogP contribution in [-0.2, 0) is 11.3 Å². The molecule has 0 N–H and O–H groups in total. The molecule has 1 saturated heterocycles. The molecular weight excluding hydrogens is 314 g/mol. The first-order valence-corrected chi connectivity index (χ1v) is 8.62. The molecule has 25 heavy (non-hydrogen) atoms. The van der Waals surface area contributed by atoms with Crippen LogP contribution in [0.1, 0.15) is 12.8 Å². The minimum absolute atomic E-state index is 0.172. The van der Waals surface area contributed by atoms with Crippen LogP contribution in [0.5, 0.6) is 5.75 Å². The third kappa shape index (κ3) is 2.97. The Morgan fingerprint density at radius 3 is 2.76 bits per heavy atom. The number of fused-ring (bicyclic) bond motifs is 1. The predicted octanol–water partition coefficient (Wildman–Crippen LogP) is 3.33. The summed E-state index contributed by atoms with van der Waals surface area (Å²) in [6.45, 7) is 2.11. The lowest BCUT2D eigenvalue weighted by atomic mass is 10.0. The normalized spacial score (nSPS) is 14.2. The number of benzene rings is 2. The maximum Gasteiger partial charge on any atom is 0.242 e. The minimum Gasteiger partial charge on any atom is -0.496 e. The molecule has 2 heterocycles. The van der Waals surface area contributed by atoms with Gasteiger partial charge in [0.05, 0.1) is 24.5 Å². The number of likely N-dealkylation sites (tertiary alicyclic amines) is 1. The smallest absolute Gasteiger partial charge is 0.242 e. The van der Waals surface area contributed by atoms with Crippen molar-refractivity contribution in [3.8, 4) is 16.9 Å². The quantitative estimate of drug-likeness (QED) is 0.735. The Hall–Kier alpha value is -2.82. The first-order valence-electron chi connectivity index (χ1n) is 8.62. The van der Waals surface area contributed by atoms with Gasteiger partial charge in [0.15, 0.2) is 0 Å². The minimum atomic E-state index is 0.172. The number of amides is 1. The standard InChI is InChI=1S/C20H21N3O2/c1-25-19-7-3-2-6-16(19)15-8-9-18-17(12-15)21-14-23(18)13-20(24)22-10-4-5-11-22/h2-3,6-9,12,14H,4-5,10-11,13H2,1H3. The highest BCUT2D eigenvalue weighted by atomic mass is 16.5. The summed E-state index contributed by atoms with van der Waals surface area (Å²) in [6, 6.07) is 14.1. The van der Waals surface area contributed by atoms with Crippen LogP contribution in [0.3, 0.4) is 0 Å². The molecular formula is C20H21N3O2. The SMILES string of the molecule is COc1ccccc1-c1ccc2c(c1)ncn2CC(=O)N1CCCC1. The molecule has 0 saturated carbocycles. The number of aromatic nitrogens is 2. The number of ether oxygens (including phenoxy) is 1. The Bertz CT molecular complexity index is 910. The van der Waals surface area contributed by atoms with Crippen LogP contribution in [0, 0.1) is 0 Å². The zero-order valence-corrected chi connectivity index (χ0v) is 14.3. The lowest BCUT2D eigenvalue weighted by Gasteiger charge is -2.15. The number of carbonyl (C=O) groups is 1. The number of hydrogen-bond acceptors (Lipinski definition) is 3. The van der Waals surface area contributed by atoms with E-state index >= 15 is 0 Å². The van der Waals surface area contributed by atoms with E-state index in [0.29, 0.717) is 6.54 Å². The second-order valence-electron chi connectivity index (χ2n) is 6.36. The van der Waals surface area contributed by atoms with Gasteiger partial charge in [-0.05, 0) is 36.6 Å². The molecule has 5 heteroatoms. The molecule has 1 aromatic heterocycles. The van der Waals surface area contributed by atoms with Gasteiger partial charge >= 0.3 is 0 Å². The summed E-state index contributed by atoms with van der Waals surface area (Å²) in [6.07, 6.45) is 3.97. The van der Waals surface area contributed by atoms with Gasteiger partial charge in [-0.15, -0.1) is 0 Å². The van der Waals surface area contributed by atoms with E-state index in [1.165, 1.54) is 0 Å². The molecule has 1 fully saturated rings. The Kier molecular flexibility index (Phi) is 4.14. The first kappa shape index (κ1) is 15.7. The van der Waals surface area contributed by atoms with Crippen molar-refractivity contribution in [1.82, 2.24) is 14.5 Å². The summed E-state index contributed by atoms with van der Waals surface area (Å²) in [5, 5.41) is 0. The summed E-state index contributed by atoms with van der Waals surface area (Å²) < 4.78 is 7.38. The van der Waals surface area contributed by atoms with Gasteiger partial charge < -0.3 is 14.2 Å². The van der Waals surface area contributed by atoms with Crippen LogP contribution in [0.25, 0.3) is 22.2 Å². The van der Waals surface area contributed by atoms with Crippen molar-refractivity contribution in [3.63, 3.8) is 0 Å². The number of nitrogens with zero attached hydrogens (tertiary/aromatic N) is 3. The van der Waals surface area contributed by atoms with Crippen molar-refractivity contribution < 1.29 is 9.53 Å². The lowest BCUT2D eigenvalue weighted by Crippen LogP contribution is -2.30. The largest absolute Gasteiger partial charge is 0.496 e. The van der Waals surface area contributed by atoms with Crippen molar-refractivity contribution in [2.45, 2.75) is 19.4 Å². The molecule has 4 rings (SSSR count). The van der Waals surface area contributed by atoms with E-state index in [9.17, 15) is 4.79 Å². The zero-order valence-electron chi connectivity index (χ0n) is 14.3. The van der Waals surface area contributed by atoms with Crippen LogP contribution >= 0.6 is 0 Å². The topological polar surface area (TPSA) is 47.4 Å². The van der Waals surface area contributed by atoms with Crippen molar-refractivity contribution >= 4 is 16.9 Å². The van der Waals surface area contributed by atoms with Gasteiger partial charge in [-0.3, -0.25) is 4.79 Å². The number of imidazole rings is 1. The first-order chi connectivity index (χ1) is 12.3. The van der Waals surface area contributed by atoms with E-state index in [1.807, 2.05) is 45.9 Å². The van der Waals surface area contributed by atoms with E-state index in [1.54, 1.807) is 13.4 Å². The Morgan fingerprint density at radius 1 is 1.16 bits per heavy atom. The van der Waals surface area contributed by atoms with Crippen molar-refractivity contribution in [2.75, 3.05) is 20.2 Å². The maximum atomic E-state index is 12.4. The van der Waals surface area contributed by atoms with Crippen molar-refractivity contribution in [3.05, 3.63) is 48.8 Å². The fraction of sp³-hybridized carbons (Fsp3) is 0.300. The molecule has 0 atom stereocenters. The van der Waals surface area contributed by atoms with Gasteiger partial charge in [0.25, 0.3) is 0 Å². The molecule has 0 aliphatic carbocycles. The van der Waals surface area contributed by atoms with Crippen LogP contribution in [0.2, 0.25) is 0 Å². The monoisotopic (exact) mass is 335 g/mol. The van der Waals surface area contributed by atoms with Crippen LogP contribution in [0.4, 0.5) is 0 Å². The van der Waals surface area contributed by atoms with Gasteiger partial charge in [0.1, 0.15) is 12.3 Å². The van der Waals surface area contributed by atoms with E-state index in [-0.39, 0.29) is 5.91 Å². The van der Waals surface area contributed by atoms with Crippen molar-refractivity contribution in [1.29, 1.82) is 0 Å². The third-order valence-corrected chi connectivity index (χ3v) is 4.80. The van der Waals surface area contributed by atoms with E-state index in [2.05, 4.69) is 11.1 Å². The summed E-state index contributed by atoms with van der Waals surface area (Å²) >= 11 is 0. The highest BCUT2D eigenvalue weighted by Crippen LogP contribution is 2.31. The Morgan fingerprint density at radius 2 is 1.96 bits per heavy atom. The Labute approximate surface area is 146 Å². The van der Waals surface area contributed by atoms with Gasteiger partial charge in [-0.2, -0.15) is 0 Å². The zero-order chi connectivity index (χ0) is 17.2. The summed E-state index contributed by atoms with van der Waals surface area (Å²) in [4.78, 5) is 18.8. The maximum absolute atomic E-state index is 12.4. The second kappa shape index (κ2) is 6.59. The average molecular weight is 335 g/mol. The molecule has 0 unspecified atom stereocenters. The number of hydrogen-bond donors (Lipinski definition) is 0. The number of rotatable bonds is 4. The third-order valence-electron chi connectivity index (χ3n) is 4.80. The molecule has 2 aromatic carbocycles. The van der Waals surface area contributed by atoms with Crippen LogP contribution < -0.4 is 4.74 Å². The summed E-state index contributed by atoms with van der Waals surface area (Å²) in [5.74, 6) is 1.01. The molecule has 1 amide bonds. The van der Waals surface area contributed by atoms with Crippen LogP contribution in [0.15, 0.2) is 48.8 Å². The fourth-order valence-electron chi connectivity index (χ4n) is 3.45. The molecule has 1 aliphatic rings. The van der Waals surface area contributed by atoms with E-state index < -0.39 is 0 Å². The molecule has 0 radical (unpaired) electrons. The second-order valence-corrected chi connectivity index (χ2v) is 6.36. The highest BCUT2D eigenvalue weighted by molar-refractivity contribution is 5.85. The molecule has 0 bridgehead atoms. The number of para-hydroxylation sites is 1. The van der Waals surface area contributed by atoms with E-state index in [0.717, 1.165) is 53.8 Å². The molecule has 5 nitrogen and oxygen atoms in total. The van der Waals surface area contributed by atoms with Crippen molar-refractivity contribution in [2.24, 2.45) is 0 Å². The molecule has 1 aliphatic heterocycles. The Balaban J connectivity index is 1.64. The molecule has 3 aromatic rings. The molecule has 0 spiro atoms. The van der Waals surface area contributed by atoms with E-state index in [4.69, 9.17) is 4.74 Å². The number of carbonyl (C=O) groups excluding carboxylic acids is 1. The predicted molar refractivity (Wildman–Crippen MR) is 97.5 cm³/mol. The van der Waals surface area contributed by atoms with Gasteiger partial charge in [0, 0.05) is 18.7 Å². The van der Waals surface area contributed by atoms with Gasteiger partial charge in [-0.1, -0.05) is 24.3 Å².